The second-order valence-corrected chi connectivity index (χ2v) is 5.97. The van der Waals surface area contributed by atoms with Gasteiger partial charge in [0.2, 0.25) is 5.91 Å². The minimum atomic E-state index is -0.413. The number of nitrogens with one attached hydrogen (secondary N) is 2. The topological polar surface area (TPSA) is 50.4 Å². The largest absolute Gasteiger partial charge is 0.316 e. The van der Waals surface area contributed by atoms with Crippen molar-refractivity contribution in [1.29, 1.82) is 0 Å². The Balaban J connectivity index is 1.81. The number of benzene rings is 1. The molecule has 4 nitrogen and oxygen atoms in total. The van der Waals surface area contributed by atoms with Gasteiger partial charge in [0, 0.05) is 5.41 Å². The third-order valence-electron chi connectivity index (χ3n) is 4.15. The van der Waals surface area contributed by atoms with Crippen LogP contribution in [0.1, 0.15) is 32.3 Å². The Bertz CT molecular complexity index is 425. The Hall–Kier alpha value is -1.39. The van der Waals surface area contributed by atoms with Crippen LogP contribution in [0, 0.1) is 11.3 Å². The van der Waals surface area contributed by atoms with Crippen molar-refractivity contribution in [3.05, 3.63) is 35.9 Å². The molecule has 2 rings (SSSR count). The van der Waals surface area contributed by atoms with E-state index in [1.54, 1.807) is 0 Å². The molecule has 1 fully saturated rings. The maximum absolute atomic E-state index is 12.3. The maximum Gasteiger partial charge on any atom is 0.249 e. The first kappa shape index (κ1) is 15.0. The van der Waals surface area contributed by atoms with Crippen LogP contribution in [-0.4, -0.2) is 19.0 Å². The highest BCUT2D eigenvalue weighted by atomic mass is 16.6. The Labute approximate surface area is 120 Å². The summed E-state index contributed by atoms with van der Waals surface area (Å²) in [7, 11) is 0. The molecule has 4 heteroatoms. The number of hydrogen-bond donors (Lipinski definition) is 2. The summed E-state index contributed by atoms with van der Waals surface area (Å²) in [5, 5.41) is 3.36. The number of piperidine rings is 1. The number of hydroxylamine groups is 1. The summed E-state index contributed by atoms with van der Waals surface area (Å²) >= 11 is 0. The van der Waals surface area contributed by atoms with Crippen molar-refractivity contribution in [1.82, 2.24) is 10.8 Å². The number of hydrogen-bond acceptors (Lipinski definition) is 3. The quantitative estimate of drug-likeness (QED) is 0.811. The first-order valence-electron chi connectivity index (χ1n) is 7.27. The molecule has 1 aliphatic rings. The van der Waals surface area contributed by atoms with E-state index in [1.165, 1.54) is 0 Å². The average Bonchev–Trinajstić information content (AvgIpc) is 2.49. The van der Waals surface area contributed by atoms with E-state index in [2.05, 4.69) is 10.8 Å². The van der Waals surface area contributed by atoms with Crippen molar-refractivity contribution in [2.75, 3.05) is 13.1 Å². The minimum absolute atomic E-state index is 0.0397. The van der Waals surface area contributed by atoms with Crippen molar-refractivity contribution in [3.63, 3.8) is 0 Å². The number of carbonyl (C=O) groups is 1. The number of rotatable bonds is 5. The standard InChI is InChI=1S/C16H24N2O2/c1-16(2,14-9-6-10-17-11-14)15(19)18-20-12-13-7-4-3-5-8-13/h3-5,7-8,14,17H,6,9-12H2,1-2H3,(H,18,19). The van der Waals surface area contributed by atoms with E-state index in [-0.39, 0.29) is 5.91 Å². The monoisotopic (exact) mass is 276 g/mol. The van der Waals surface area contributed by atoms with Gasteiger partial charge in [0.15, 0.2) is 0 Å². The number of carbonyl (C=O) groups excluding carboxylic acids is 1. The molecule has 1 atom stereocenters. The normalized spacial score (nSPS) is 19.6. The van der Waals surface area contributed by atoms with Gasteiger partial charge in [0.05, 0.1) is 6.61 Å². The fraction of sp³-hybridized carbons (Fsp3) is 0.562. The Morgan fingerprint density at radius 1 is 1.40 bits per heavy atom. The van der Waals surface area contributed by atoms with Gasteiger partial charge in [0.25, 0.3) is 0 Å². The van der Waals surface area contributed by atoms with Crippen LogP contribution < -0.4 is 10.8 Å². The molecule has 1 saturated heterocycles. The van der Waals surface area contributed by atoms with Crippen LogP contribution in [0.15, 0.2) is 30.3 Å². The highest BCUT2D eigenvalue weighted by Gasteiger charge is 2.37. The molecule has 20 heavy (non-hydrogen) atoms. The molecule has 0 saturated carbocycles. The molecule has 0 radical (unpaired) electrons. The first-order chi connectivity index (χ1) is 9.60. The molecule has 1 heterocycles. The van der Waals surface area contributed by atoms with E-state index in [0.29, 0.717) is 12.5 Å². The lowest BCUT2D eigenvalue weighted by Crippen LogP contribution is -2.47. The van der Waals surface area contributed by atoms with Gasteiger partial charge in [-0.2, -0.15) is 0 Å². The third kappa shape index (κ3) is 3.81. The SMILES string of the molecule is CC(C)(C(=O)NOCc1ccccc1)C1CCCNC1. The van der Waals surface area contributed by atoms with Crippen molar-refractivity contribution < 1.29 is 9.63 Å². The summed E-state index contributed by atoms with van der Waals surface area (Å²) in [6.45, 7) is 6.33. The second-order valence-electron chi connectivity index (χ2n) is 5.97. The van der Waals surface area contributed by atoms with E-state index in [4.69, 9.17) is 4.84 Å². The summed E-state index contributed by atoms with van der Waals surface area (Å²) in [6.07, 6.45) is 2.22. The molecule has 0 spiro atoms. The molecule has 1 aliphatic heterocycles. The molecule has 1 aromatic rings. The summed E-state index contributed by atoms with van der Waals surface area (Å²) in [6, 6.07) is 9.82. The average molecular weight is 276 g/mol. The van der Waals surface area contributed by atoms with Gasteiger partial charge in [-0.05, 0) is 37.4 Å². The Morgan fingerprint density at radius 3 is 2.80 bits per heavy atom. The van der Waals surface area contributed by atoms with Crippen molar-refractivity contribution >= 4 is 5.91 Å². The molecule has 0 aromatic heterocycles. The van der Waals surface area contributed by atoms with Crippen molar-refractivity contribution in [3.8, 4) is 0 Å². The van der Waals surface area contributed by atoms with E-state index in [9.17, 15) is 4.79 Å². The summed E-state index contributed by atoms with van der Waals surface area (Å²) in [5.41, 5.74) is 3.24. The van der Waals surface area contributed by atoms with Crippen LogP contribution in [0.5, 0.6) is 0 Å². The molecule has 1 aromatic carbocycles. The van der Waals surface area contributed by atoms with E-state index < -0.39 is 5.41 Å². The molecule has 1 amide bonds. The van der Waals surface area contributed by atoms with Gasteiger partial charge in [-0.1, -0.05) is 44.2 Å². The van der Waals surface area contributed by atoms with Gasteiger partial charge in [-0.3, -0.25) is 9.63 Å². The van der Waals surface area contributed by atoms with Crippen LogP contribution >= 0.6 is 0 Å². The molecule has 0 bridgehead atoms. The van der Waals surface area contributed by atoms with Gasteiger partial charge in [-0.25, -0.2) is 5.48 Å². The maximum atomic E-state index is 12.3. The van der Waals surface area contributed by atoms with Crippen LogP contribution in [0.4, 0.5) is 0 Å². The van der Waals surface area contributed by atoms with Crippen LogP contribution in [0.25, 0.3) is 0 Å². The number of amides is 1. The predicted octanol–water partition coefficient (Wildman–Crippen LogP) is 2.26. The summed E-state index contributed by atoms with van der Waals surface area (Å²) in [4.78, 5) is 17.6. The van der Waals surface area contributed by atoms with E-state index in [1.807, 2.05) is 44.2 Å². The first-order valence-corrected chi connectivity index (χ1v) is 7.27. The molecular weight excluding hydrogens is 252 g/mol. The summed E-state index contributed by atoms with van der Waals surface area (Å²) < 4.78 is 0. The van der Waals surface area contributed by atoms with Crippen molar-refractivity contribution in [2.24, 2.45) is 11.3 Å². The highest BCUT2D eigenvalue weighted by Crippen LogP contribution is 2.31. The zero-order valence-electron chi connectivity index (χ0n) is 12.3. The second kappa shape index (κ2) is 6.86. The smallest absolute Gasteiger partial charge is 0.249 e. The van der Waals surface area contributed by atoms with Gasteiger partial charge in [-0.15, -0.1) is 0 Å². The Morgan fingerprint density at radius 2 is 2.15 bits per heavy atom. The molecule has 110 valence electrons. The predicted molar refractivity (Wildman–Crippen MR) is 78.7 cm³/mol. The molecule has 0 aliphatic carbocycles. The zero-order chi connectivity index (χ0) is 14.4. The van der Waals surface area contributed by atoms with Crippen LogP contribution in [-0.2, 0) is 16.2 Å². The minimum Gasteiger partial charge on any atom is -0.316 e. The molecule has 1 unspecified atom stereocenters. The Kier molecular flexibility index (Phi) is 5.15. The van der Waals surface area contributed by atoms with Crippen LogP contribution in [0.3, 0.4) is 0 Å². The van der Waals surface area contributed by atoms with Crippen LogP contribution in [0.2, 0.25) is 0 Å². The van der Waals surface area contributed by atoms with Gasteiger partial charge < -0.3 is 5.32 Å². The lowest BCUT2D eigenvalue weighted by molar-refractivity contribution is -0.146. The van der Waals surface area contributed by atoms with Crippen molar-refractivity contribution in [2.45, 2.75) is 33.3 Å². The third-order valence-corrected chi connectivity index (χ3v) is 4.15. The van der Waals surface area contributed by atoms with Gasteiger partial charge in [0.1, 0.15) is 0 Å². The lowest BCUT2D eigenvalue weighted by Gasteiger charge is -2.35. The summed E-state index contributed by atoms with van der Waals surface area (Å²) in [5.74, 6) is 0.318. The molecular formula is C16H24N2O2. The van der Waals surface area contributed by atoms with Gasteiger partial charge >= 0.3 is 0 Å². The fourth-order valence-corrected chi connectivity index (χ4v) is 2.54. The zero-order valence-corrected chi connectivity index (χ0v) is 12.3. The fourth-order valence-electron chi connectivity index (χ4n) is 2.54. The molecule has 2 N–H and O–H groups in total. The lowest BCUT2D eigenvalue weighted by atomic mass is 9.74. The van der Waals surface area contributed by atoms with E-state index >= 15 is 0 Å². The highest BCUT2D eigenvalue weighted by molar-refractivity contribution is 5.81. The van der Waals surface area contributed by atoms with E-state index in [0.717, 1.165) is 31.5 Å².